The predicted octanol–water partition coefficient (Wildman–Crippen LogP) is 1.86. The molecule has 0 spiro atoms. The Morgan fingerprint density at radius 1 is 0.721 bits per heavy atom. The van der Waals surface area contributed by atoms with Crippen molar-refractivity contribution in [2.45, 2.75) is 51.7 Å². The molecule has 3 rings (SSSR count). The smallest absolute Gasteiger partial charge is 0.426 e. The van der Waals surface area contributed by atoms with Gasteiger partial charge in [0.1, 0.15) is 12.1 Å². The van der Waals surface area contributed by atoms with Crippen LogP contribution in [0.15, 0.2) is 84.9 Å². The number of hydrogen-bond donors (Lipinski definition) is 6. The number of hydrogen-bond acceptors (Lipinski definition) is 6. The van der Waals surface area contributed by atoms with E-state index in [0.717, 1.165) is 16.7 Å². The van der Waals surface area contributed by atoms with Crippen LogP contribution in [0.4, 0.5) is 0 Å². The predicted molar refractivity (Wildman–Crippen MR) is 165 cm³/mol. The largest absolute Gasteiger partial charge is 0.472 e. The highest BCUT2D eigenvalue weighted by Crippen LogP contribution is 2.19. The zero-order valence-corrected chi connectivity index (χ0v) is 24.6. The lowest BCUT2D eigenvalue weighted by atomic mass is 9.92. The molecule has 6 N–H and O–H groups in total. The van der Waals surface area contributed by atoms with Gasteiger partial charge in [0.15, 0.2) is 0 Å². The molecule has 0 aromatic heterocycles. The molecule has 0 heterocycles. The van der Waals surface area contributed by atoms with Crippen LogP contribution in [0.5, 0.6) is 0 Å². The second-order valence-electron chi connectivity index (χ2n) is 10.7. The van der Waals surface area contributed by atoms with Crippen molar-refractivity contribution >= 4 is 30.7 Å². The van der Waals surface area contributed by atoms with Gasteiger partial charge in [-0.05, 0) is 41.7 Å². The van der Waals surface area contributed by atoms with Crippen molar-refractivity contribution in [3.05, 3.63) is 96.1 Å². The fourth-order valence-corrected chi connectivity index (χ4v) is 4.39. The zero-order valence-electron chi connectivity index (χ0n) is 24.6. The molecule has 0 saturated carbocycles. The van der Waals surface area contributed by atoms with Crippen LogP contribution in [-0.4, -0.2) is 65.4 Å². The molecule has 3 unspecified atom stereocenters. The lowest BCUT2D eigenvalue weighted by Crippen LogP contribution is -2.54. The number of rotatable bonds is 14. The molecule has 3 aromatic rings. The van der Waals surface area contributed by atoms with E-state index in [1.807, 2.05) is 86.6 Å². The van der Waals surface area contributed by atoms with Gasteiger partial charge in [-0.15, -0.1) is 0 Å². The van der Waals surface area contributed by atoms with E-state index >= 15 is 0 Å². The van der Waals surface area contributed by atoms with Crippen LogP contribution in [0, 0.1) is 5.92 Å². The third-order valence-corrected chi connectivity index (χ3v) is 6.93. The molecule has 43 heavy (non-hydrogen) atoms. The van der Waals surface area contributed by atoms with Crippen LogP contribution in [0.2, 0.25) is 0 Å². The summed E-state index contributed by atoms with van der Waals surface area (Å²) in [6.45, 7) is 5.25. The summed E-state index contributed by atoms with van der Waals surface area (Å²) >= 11 is 0. The Morgan fingerprint density at radius 3 is 1.88 bits per heavy atom. The first kappa shape index (κ1) is 33.0. The molecule has 0 aliphatic heterocycles. The Labute approximate surface area is 252 Å². The Bertz CT molecular complexity index is 1350. The molecule has 10 nitrogen and oxygen atoms in total. The summed E-state index contributed by atoms with van der Waals surface area (Å²) in [6, 6.07) is 23.7. The molecule has 3 aromatic carbocycles. The lowest BCUT2D eigenvalue weighted by Gasteiger charge is -2.25. The van der Waals surface area contributed by atoms with Crippen molar-refractivity contribution in [2.75, 3.05) is 6.44 Å². The van der Waals surface area contributed by atoms with Crippen LogP contribution < -0.4 is 21.3 Å². The highest BCUT2D eigenvalue weighted by molar-refractivity contribution is 6.41. The zero-order chi connectivity index (χ0) is 31.4. The number of nitrogens with one attached hydrogen (secondary N) is 4. The first-order valence-corrected chi connectivity index (χ1v) is 14.3. The summed E-state index contributed by atoms with van der Waals surface area (Å²) in [5.41, 5.74) is 3.29. The Morgan fingerprint density at radius 2 is 1.30 bits per heavy atom. The molecule has 0 aliphatic carbocycles. The van der Waals surface area contributed by atoms with E-state index in [9.17, 15) is 19.2 Å². The molecular formula is C32H39BN4O6. The highest BCUT2D eigenvalue weighted by atomic mass is 16.4. The summed E-state index contributed by atoms with van der Waals surface area (Å²) in [7, 11) is -1.72. The van der Waals surface area contributed by atoms with Crippen LogP contribution in [0.25, 0.3) is 11.1 Å². The van der Waals surface area contributed by atoms with Crippen molar-refractivity contribution in [1.29, 1.82) is 0 Å². The second kappa shape index (κ2) is 16.2. The topological polar surface area (TPSA) is 157 Å². The minimum Gasteiger partial charge on any atom is -0.426 e. The quantitative estimate of drug-likeness (QED) is 0.158. The summed E-state index contributed by atoms with van der Waals surface area (Å²) < 4.78 is 0. The summed E-state index contributed by atoms with van der Waals surface area (Å²) in [5, 5.41) is 28.6. The van der Waals surface area contributed by atoms with E-state index in [4.69, 9.17) is 10.0 Å². The maximum absolute atomic E-state index is 13.2. The van der Waals surface area contributed by atoms with Gasteiger partial charge in [0, 0.05) is 24.4 Å². The Balaban J connectivity index is 1.65. The van der Waals surface area contributed by atoms with Gasteiger partial charge in [0.05, 0.1) is 6.44 Å². The molecule has 0 saturated heterocycles. The van der Waals surface area contributed by atoms with Gasteiger partial charge in [-0.3, -0.25) is 19.2 Å². The van der Waals surface area contributed by atoms with Crippen molar-refractivity contribution in [3.8, 4) is 11.1 Å². The Kier molecular flexibility index (Phi) is 12.5. The number of carbonyl (C=O) groups is 4. The molecule has 4 amide bonds. The van der Waals surface area contributed by atoms with Gasteiger partial charge in [0.2, 0.25) is 17.7 Å². The van der Waals surface area contributed by atoms with Crippen molar-refractivity contribution in [2.24, 2.45) is 5.92 Å². The Hall–Kier alpha value is -4.48. The normalized spacial score (nSPS) is 12.9. The molecule has 0 aliphatic rings. The molecule has 0 bridgehead atoms. The van der Waals surface area contributed by atoms with E-state index in [2.05, 4.69) is 21.3 Å². The molecule has 226 valence electrons. The fourth-order valence-electron chi connectivity index (χ4n) is 4.39. The summed E-state index contributed by atoms with van der Waals surface area (Å²) in [6.07, 6.45) is -0.272. The minimum atomic E-state index is -1.72. The SMILES string of the molecule is CC(NC(=O)C(Cc1ccccc1)NC(=O)CC(NC(=O)c1ccc(-c2ccccc2)cc1)C(C)C)C(=O)NCB(O)O. The van der Waals surface area contributed by atoms with E-state index in [0.29, 0.717) is 5.56 Å². The molecule has 0 radical (unpaired) electrons. The molecule has 3 atom stereocenters. The third kappa shape index (κ3) is 10.7. The second-order valence-corrected chi connectivity index (χ2v) is 10.7. The average Bonchev–Trinajstić information content (AvgIpc) is 3.00. The van der Waals surface area contributed by atoms with Gasteiger partial charge in [0.25, 0.3) is 5.91 Å². The maximum atomic E-state index is 13.2. The standard InChI is InChI=1S/C32H39BN4O6/c1-21(2)27(37-31(40)26-16-14-25(15-17-26)24-12-8-5-9-13-24)19-29(38)36-28(18-23-10-6-4-7-11-23)32(41)35-22(3)30(39)34-20-33(42)43/h4-17,21-22,27-28,42-43H,18-20H2,1-3H3,(H,34,39)(H,35,41)(H,36,38)(H,37,40). The summed E-state index contributed by atoms with van der Waals surface area (Å²) in [4.78, 5) is 51.7. The van der Waals surface area contributed by atoms with Gasteiger partial charge in [-0.25, -0.2) is 0 Å². The van der Waals surface area contributed by atoms with E-state index in [1.165, 1.54) is 6.92 Å². The number of amides is 4. The number of carbonyl (C=O) groups excluding carboxylic acids is 4. The third-order valence-electron chi connectivity index (χ3n) is 6.93. The van der Waals surface area contributed by atoms with Crippen LogP contribution in [-0.2, 0) is 20.8 Å². The first-order valence-electron chi connectivity index (χ1n) is 14.3. The highest BCUT2D eigenvalue weighted by Gasteiger charge is 2.27. The first-order chi connectivity index (χ1) is 20.5. The van der Waals surface area contributed by atoms with Crippen LogP contribution in [0.3, 0.4) is 0 Å². The van der Waals surface area contributed by atoms with Crippen LogP contribution in [0.1, 0.15) is 43.1 Å². The van der Waals surface area contributed by atoms with Gasteiger partial charge in [-0.1, -0.05) is 86.6 Å². The van der Waals surface area contributed by atoms with Crippen molar-refractivity contribution < 1.29 is 29.2 Å². The van der Waals surface area contributed by atoms with Gasteiger partial charge >= 0.3 is 7.12 Å². The van der Waals surface area contributed by atoms with E-state index < -0.39 is 43.0 Å². The lowest BCUT2D eigenvalue weighted by molar-refractivity contribution is -0.131. The molecule has 11 heteroatoms. The van der Waals surface area contributed by atoms with Gasteiger partial charge in [-0.2, -0.15) is 0 Å². The molecular weight excluding hydrogens is 547 g/mol. The molecule has 0 fully saturated rings. The van der Waals surface area contributed by atoms with Crippen LogP contribution >= 0.6 is 0 Å². The fraction of sp³-hybridized carbons (Fsp3) is 0.312. The van der Waals surface area contributed by atoms with Crippen molar-refractivity contribution in [1.82, 2.24) is 21.3 Å². The minimum absolute atomic E-state index is 0.0610. The van der Waals surface area contributed by atoms with E-state index in [1.54, 1.807) is 12.1 Å². The average molecular weight is 586 g/mol. The summed E-state index contributed by atoms with van der Waals surface area (Å²) in [5.74, 6) is -2.00. The van der Waals surface area contributed by atoms with Crippen molar-refractivity contribution in [3.63, 3.8) is 0 Å². The maximum Gasteiger partial charge on any atom is 0.472 e. The number of benzene rings is 3. The monoisotopic (exact) mass is 586 g/mol. The van der Waals surface area contributed by atoms with Gasteiger partial charge < -0.3 is 31.3 Å². The van der Waals surface area contributed by atoms with E-state index in [-0.39, 0.29) is 31.1 Å².